The number of rotatable bonds is 1. The van der Waals surface area contributed by atoms with E-state index in [0.29, 0.717) is 0 Å². The zero-order valence-corrected chi connectivity index (χ0v) is 4.90. The molecule has 0 aromatic heterocycles. The average molecular weight is 108 g/mol. The first-order chi connectivity index (χ1) is 2.56. The summed E-state index contributed by atoms with van der Waals surface area (Å²) in [5.74, 6) is 0. The molecule has 0 atom stereocenters. The fraction of sp³-hybridized carbons (Fsp3) is 0.667. The van der Waals surface area contributed by atoms with Crippen LogP contribution in [0.15, 0.2) is 0 Å². The Labute approximate surface area is 37.7 Å². The third-order valence-corrected chi connectivity index (χ3v) is 0.663. The van der Waals surface area contributed by atoms with Crippen LogP contribution in [0, 0.1) is 0 Å². The summed E-state index contributed by atoms with van der Waals surface area (Å²) in [5.41, 5.74) is 0. The molecule has 0 radical (unpaired) electrons. The van der Waals surface area contributed by atoms with Crippen molar-refractivity contribution in [2.24, 2.45) is 0 Å². The lowest BCUT2D eigenvalue weighted by molar-refractivity contribution is -0.127. The van der Waals surface area contributed by atoms with Crippen LogP contribution in [0.25, 0.3) is 0 Å². The van der Waals surface area contributed by atoms with E-state index >= 15 is 0 Å². The van der Waals surface area contributed by atoms with E-state index in [1.165, 1.54) is 0 Å². The lowest BCUT2D eigenvalue weighted by Gasteiger charge is -2.02. The zero-order valence-electron chi connectivity index (χ0n) is 4.01. The van der Waals surface area contributed by atoms with E-state index in [4.69, 9.17) is 5.26 Å². The standard InChI is InChI=1S/C3H9O2P/c1-6(2,3)5-4/h4H,1H2,2-3H3. The van der Waals surface area contributed by atoms with Gasteiger partial charge in [-0.25, -0.2) is 9.93 Å². The van der Waals surface area contributed by atoms with Crippen molar-refractivity contribution in [3.05, 3.63) is 0 Å². The molecule has 0 saturated carbocycles. The Bertz CT molecular complexity index is 72.9. The molecule has 0 unspecified atom stereocenters. The van der Waals surface area contributed by atoms with Crippen molar-refractivity contribution >= 4 is 13.4 Å². The molecule has 0 fully saturated rings. The van der Waals surface area contributed by atoms with Crippen LogP contribution in [0.3, 0.4) is 0 Å². The Morgan fingerprint density at radius 2 is 1.83 bits per heavy atom. The van der Waals surface area contributed by atoms with Crippen LogP contribution >= 0.6 is 7.11 Å². The molecule has 2 nitrogen and oxygen atoms in total. The van der Waals surface area contributed by atoms with Gasteiger partial charge in [-0.1, -0.05) is 6.30 Å². The van der Waals surface area contributed by atoms with Crippen LogP contribution in [0.4, 0.5) is 0 Å². The summed E-state index contributed by atoms with van der Waals surface area (Å²) in [5, 5.41) is 7.89. The second-order valence-corrected chi connectivity index (χ2v) is 4.97. The zero-order chi connectivity index (χ0) is 5.21. The molecule has 0 bridgehead atoms. The lowest BCUT2D eigenvalue weighted by atomic mass is 11.9. The molecule has 0 aliphatic carbocycles. The molecule has 0 heterocycles. The lowest BCUT2D eigenvalue weighted by Crippen LogP contribution is -1.76. The fourth-order valence-electron chi connectivity index (χ4n) is 0. The molecule has 3 heteroatoms. The Morgan fingerprint density at radius 3 is 1.83 bits per heavy atom. The first kappa shape index (κ1) is 6.22. The van der Waals surface area contributed by atoms with Gasteiger partial charge in [-0.3, -0.25) is 0 Å². The molecule has 0 saturated heterocycles. The highest BCUT2D eigenvalue weighted by Gasteiger charge is 1.92. The smallest absolute Gasteiger partial charge is 0.0344 e. The normalized spacial score (nSPS) is 11.8. The van der Waals surface area contributed by atoms with Crippen LogP contribution in [0.5, 0.6) is 0 Å². The average Bonchev–Trinajstić information content (AvgIpc) is 1.35. The van der Waals surface area contributed by atoms with Gasteiger partial charge in [0, 0.05) is 7.11 Å². The maximum atomic E-state index is 7.89. The van der Waals surface area contributed by atoms with E-state index in [2.05, 4.69) is 11.0 Å². The van der Waals surface area contributed by atoms with Crippen LogP contribution in [0.1, 0.15) is 0 Å². The summed E-state index contributed by atoms with van der Waals surface area (Å²) in [7, 11) is -1.59. The summed E-state index contributed by atoms with van der Waals surface area (Å²) in [6.07, 6.45) is 3.53. The van der Waals surface area contributed by atoms with Gasteiger partial charge in [0.15, 0.2) is 0 Å². The predicted octanol–water partition coefficient (Wildman–Crippen LogP) is 1.10. The van der Waals surface area contributed by atoms with Gasteiger partial charge >= 0.3 is 0 Å². The Hall–Kier alpha value is 0.220. The quantitative estimate of drug-likeness (QED) is 0.309. The molecular weight excluding hydrogens is 99.0 g/mol. The van der Waals surface area contributed by atoms with E-state index in [0.717, 1.165) is 0 Å². The maximum Gasteiger partial charge on any atom is 0.0344 e. The van der Waals surface area contributed by atoms with Crippen molar-refractivity contribution in [2.75, 3.05) is 13.3 Å². The Kier molecular flexibility index (Phi) is 1.85. The first-order valence-electron chi connectivity index (χ1n) is 1.58. The second-order valence-electron chi connectivity index (χ2n) is 1.66. The van der Waals surface area contributed by atoms with E-state index in [9.17, 15) is 0 Å². The van der Waals surface area contributed by atoms with Gasteiger partial charge in [-0.2, -0.15) is 0 Å². The van der Waals surface area contributed by atoms with Gasteiger partial charge in [0.2, 0.25) is 0 Å². The largest absolute Gasteiger partial charge is 0.249 e. The van der Waals surface area contributed by atoms with E-state index in [1.54, 1.807) is 13.3 Å². The van der Waals surface area contributed by atoms with E-state index in [-0.39, 0.29) is 0 Å². The summed E-state index contributed by atoms with van der Waals surface area (Å²) < 4.78 is 3.94. The molecule has 38 valence electrons. The molecule has 0 aromatic rings. The van der Waals surface area contributed by atoms with E-state index in [1.807, 2.05) is 0 Å². The number of hydrogen-bond donors (Lipinski definition) is 1. The summed E-state index contributed by atoms with van der Waals surface area (Å²) in [6, 6.07) is 0. The van der Waals surface area contributed by atoms with Crippen molar-refractivity contribution in [1.82, 2.24) is 0 Å². The SMILES string of the molecule is C=P(C)(C)OO. The molecule has 0 spiro atoms. The second kappa shape index (κ2) is 1.78. The van der Waals surface area contributed by atoms with Gasteiger partial charge in [0.05, 0.1) is 0 Å². The van der Waals surface area contributed by atoms with Gasteiger partial charge in [-0.15, -0.1) is 0 Å². The van der Waals surface area contributed by atoms with Crippen molar-refractivity contribution in [3.8, 4) is 0 Å². The topological polar surface area (TPSA) is 29.5 Å². The van der Waals surface area contributed by atoms with Crippen LogP contribution in [-0.2, 0) is 4.67 Å². The fourth-order valence-corrected chi connectivity index (χ4v) is 0. The summed E-state index contributed by atoms with van der Waals surface area (Å²) >= 11 is 0. The molecule has 1 N–H and O–H groups in total. The van der Waals surface area contributed by atoms with Crippen molar-refractivity contribution in [1.29, 1.82) is 0 Å². The Balaban J connectivity index is 3.48. The Morgan fingerprint density at radius 1 is 1.67 bits per heavy atom. The van der Waals surface area contributed by atoms with Gasteiger partial charge in [0.1, 0.15) is 0 Å². The first-order valence-corrected chi connectivity index (χ1v) is 4.36. The maximum absolute atomic E-state index is 7.89. The molecule has 0 rings (SSSR count). The monoisotopic (exact) mass is 108 g/mol. The molecule has 0 aliphatic heterocycles. The highest BCUT2D eigenvalue weighted by Crippen LogP contribution is 2.34. The van der Waals surface area contributed by atoms with Crippen molar-refractivity contribution in [2.45, 2.75) is 0 Å². The minimum atomic E-state index is -1.59. The molecular formula is C3H9O2P. The molecule has 0 aromatic carbocycles. The van der Waals surface area contributed by atoms with Gasteiger partial charge in [0.25, 0.3) is 0 Å². The third kappa shape index (κ3) is 4.22. The predicted molar refractivity (Wildman–Crippen MR) is 29.6 cm³/mol. The summed E-state index contributed by atoms with van der Waals surface area (Å²) in [6.45, 7) is 3.54. The minimum Gasteiger partial charge on any atom is -0.249 e. The highest BCUT2D eigenvalue weighted by atomic mass is 31.2. The highest BCUT2D eigenvalue weighted by molar-refractivity contribution is 7.67. The molecule has 0 aliphatic rings. The summed E-state index contributed by atoms with van der Waals surface area (Å²) in [4.78, 5) is 0. The minimum absolute atomic E-state index is 1.59. The van der Waals surface area contributed by atoms with Crippen molar-refractivity contribution < 1.29 is 9.93 Å². The van der Waals surface area contributed by atoms with E-state index < -0.39 is 7.11 Å². The number of hydrogen-bond acceptors (Lipinski definition) is 2. The molecule has 6 heavy (non-hydrogen) atoms. The van der Waals surface area contributed by atoms with Crippen LogP contribution in [-0.4, -0.2) is 24.9 Å². The molecule has 0 amide bonds. The van der Waals surface area contributed by atoms with Crippen LogP contribution in [0.2, 0.25) is 0 Å². The van der Waals surface area contributed by atoms with Gasteiger partial charge in [-0.05, 0) is 13.3 Å². The van der Waals surface area contributed by atoms with Gasteiger partial charge < -0.3 is 0 Å². The third-order valence-electron chi connectivity index (χ3n) is 0.221. The van der Waals surface area contributed by atoms with Crippen molar-refractivity contribution in [3.63, 3.8) is 0 Å². The van der Waals surface area contributed by atoms with Crippen LogP contribution < -0.4 is 0 Å².